The number of aromatic nitrogens is 3. The zero-order valence-corrected chi connectivity index (χ0v) is 19.3. The Morgan fingerprint density at radius 3 is 2.88 bits per heavy atom. The summed E-state index contributed by atoms with van der Waals surface area (Å²) in [5.74, 6) is 1.33. The minimum Gasteiger partial charge on any atom is -0.497 e. The number of methoxy groups -OCH3 is 1. The summed E-state index contributed by atoms with van der Waals surface area (Å²) in [4.78, 5) is 29.0. The molecule has 0 aliphatic carbocycles. The van der Waals surface area contributed by atoms with E-state index in [1.807, 2.05) is 49.4 Å². The van der Waals surface area contributed by atoms with Gasteiger partial charge < -0.3 is 14.6 Å². The number of carbonyl (C=O) groups is 1. The number of rotatable bonds is 4. The first kappa shape index (κ1) is 20.7. The predicted octanol–water partition coefficient (Wildman–Crippen LogP) is 5.80. The summed E-state index contributed by atoms with van der Waals surface area (Å²) in [6, 6.07) is 13.0. The van der Waals surface area contributed by atoms with Crippen molar-refractivity contribution < 1.29 is 9.53 Å². The maximum atomic E-state index is 13.7. The lowest BCUT2D eigenvalue weighted by atomic mass is 10.1. The fourth-order valence-corrected chi connectivity index (χ4v) is 5.32. The van der Waals surface area contributed by atoms with Gasteiger partial charge >= 0.3 is 0 Å². The van der Waals surface area contributed by atoms with E-state index in [-0.39, 0.29) is 11.9 Å². The number of aryl methyl sites for hydroxylation is 1. The van der Waals surface area contributed by atoms with E-state index in [0.29, 0.717) is 23.7 Å². The van der Waals surface area contributed by atoms with Crippen LogP contribution < -0.4 is 4.74 Å². The summed E-state index contributed by atoms with van der Waals surface area (Å²) in [5, 5.41) is 1.41. The van der Waals surface area contributed by atoms with Gasteiger partial charge in [-0.25, -0.2) is 9.97 Å². The standard InChI is InChI=1S/C24H21ClN4O2S/c1-13-10-20(23-27-18-9-8-15(31-3)11-19(18)28-23)29(12-13)24(30)21-22(32-14(2)26-21)16-6-4-5-7-17(16)25/h4-9,11,20H,1,10,12H2,2-3H3,(H,27,28). The topological polar surface area (TPSA) is 71.1 Å². The fraction of sp³-hybridized carbons (Fsp3) is 0.208. The van der Waals surface area contributed by atoms with Crippen LogP contribution in [0, 0.1) is 6.92 Å². The largest absolute Gasteiger partial charge is 0.497 e. The summed E-state index contributed by atoms with van der Waals surface area (Å²) >= 11 is 7.91. The third-order valence-corrected chi connectivity index (χ3v) is 6.92. The van der Waals surface area contributed by atoms with E-state index in [0.717, 1.165) is 43.6 Å². The van der Waals surface area contributed by atoms with Gasteiger partial charge in [-0.3, -0.25) is 4.79 Å². The van der Waals surface area contributed by atoms with E-state index >= 15 is 0 Å². The molecular weight excluding hydrogens is 444 g/mol. The first-order valence-corrected chi connectivity index (χ1v) is 11.4. The normalized spacial score (nSPS) is 16.2. The van der Waals surface area contributed by atoms with Crippen molar-refractivity contribution in [3.8, 4) is 16.2 Å². The molecule has 6 nitrogen and oxygen atoms in total. The molecule has 5 rings (SSSR count). The summed E-state index contributed by atoms with van der Waals surface area (Å²) in [7, 11) is 1.63. The number of H-pyrrole nitrogens is 1. The highest BCUT2D eigenvalue weighted by Crippen LogP contribution is 2.39. The van der Waals surface area contributed by atoms with Gasteiger partial charge in [-0.15, -0.1) is 11.3 Å². The number of halogens is 1. The number of imidazole rings is 1. The number of thiazole rings is 1. The molecule has 1 unspecified atom stereocenters. The number of benzene rings is 2. The second-order valence-electron chi connectivity index (χ2n) is 7.80. The zero-order valence-electron chi connectivity index (χ0n) is 17.7. The number of nitrogens with zero attached hydrogens (tertiary/aromatic N) is 3. The molecule has 1 aliphatic heterocycles. The number of nitrogens with one attached hydrogen (secondary N) is 1. The molecule has 1 atom stereocenters. The molecule has 4 aromatic rings. The minimum absolute atomic E-state index is 0.147. The molecule has 32 heavy (non-hydrogen) atoms. The lowest BCUT2D eigenvalue weighted by molar-refractivity contribution is 0.0728. The van der Waals surface area contributed by atoms with Crippen molar-refractivity contribution in [2.75, 3.05) is 13.7 Å². The monoisotopic (exact) mass is 464 g/mol. The summed E-state index contributed by atoms with van der Waals surface area (Å²) < 4.78 is 5.31. The molecule has 0 radical (unpaired) electrons. The highest BCUT2D eigenvalue weighted by atomic mass is 35.5. The van der Waals surface area contributed by atoms with Crippen LogP contribution in [-0.2, 0) is 0 Å². The van der Waals surface area contributed by atoms with Gasteiger partial charge in [-0.05, 0) is 31.5 Å². The van der Waals surface area contributed by atoms with Crippen LogP contribution in [0.1, 0.15) is 33.8 Å². The van der Waals surface area contributed by atoms with Crippen LogP contribution in [0.5, 0.6) is 5.75 Å². The number of aromatic amines is 1. The number of hydrogen-bond acceptors (Lipinski definition) is 5. The molecule has 1 saturated heterocycles. The van der Waals surface area contributed by atoms with Crippen molar-refractivity contribution in [2.45, 2.75) is 19.4 Å². The molecule has 8 heteroatoms. The molecule has 1 fully saturated rings. The predicted molar refractivity (Wildman–Crippen MR) is 127 cm³/mol. The number of fused-ring (bicyclic) bond motifs is 1. The molecule has 162 valence electrons. The van der Waals surface area contributed by atoms with Crippen molar-refractivity contribution in [1.82, 2.24) is 19.9 Å². The molecule has 1 N–H and O–H groups in total. The molecule has 2 aromatic carbocycles. The number of amides is 1. The van der Waals surface area contributed by atoms with Gasteiger partial charge in [0, 0.05) is 23.2 Å². The Balaban J connectivity index is 1.54. The van der Waals surface area contributed by atoms with Gasteiger partial charge in [0.25, 0.3) is 5.91 Å². The van der Waals surface area contributed by atoms with Gasteiger partial charge in [-0.2, -0.15) is 0 Å². The lowest BCUT2D eigenvalue weighted by Crippen LogP contribution is -2.31. The van der Waals surface area contributed by atoms with Gasteiger partial charge in [0.05, 0.1) is 34.1 Å². The quantitative estimate of drug-likeness (QED) is 0.387. The Morgan fingerprint density at radius 1 is 1.28 bits per heavy atom. The van der Waals surface area contributed by atoms with E-state index < -0.39 is 0 Å². The van der Waals surface area contributed by atoms with Gasteiger partial charge in [0.15, 0.2) is 0 Å². The number of carbonyl (C=O) groups excluding carboxylic acids is 1. The Kier molecular flexibility index (Phi) is 5.23. The summed E-state index contributed by atoms with van der Waals surface area (Å²) in [6.07, 6.45) is 0.646. The Labute approximate surface area is 194 Å². The van der Waals surface area contributed by atoms with Crippen LogP contribution >= 0.6 is 22.9 Å². The minimum atomic E-state index is -0.241. The second-order valence-corrected chi connectivity index (χ2v) is 9.41. The van der Waals surface area contributed by atoms with Crippen LogP contribution in [-0.4, -0.2) is 39.4 Å². The van der Waals surface area contributed by atoms with Crippen molar-refractivity contribution in [1.29, 1.82) is 0 Å². The Morgan fingerprint density at radius 2 is 2.09 bits per heavy atom. The van der Waals surface area contributed by atoms with E-state index in [9.17, 15) is 4.79 Å². The Hall–Kier alpha value is -3.16. The summed E-state index contributed by atoms with van der Waals surface area (Å²) in [6.45, 7) is 6.50. The van der Waals surface area contributed by atoms with Crippen LogP contribution in [0.15, 0.2) is 54.6 Å². The Bertz CT molecular complexity index is 1360. The van der Waals surface area contributed by atoms with Crippen LogP contribution in [0.3, 0.4) is 0 Å². The van der Waals surface area contributed by atoms with Crippen LogP contribution in [0.2, 0.25) is 5.02 Å². The average molecular weight is 465 g/mol. The third kappa shape index (κ3) is 3.57. The van der Waals surface area contributed by atoms with E-state index in [2.05, 4.69) is 16.5 Å². The number of ether oxygens (including phenoxy) is 1. The number of likely N-dealkylation sites (tertiary alicyclic amines) is 1. The van der Waals surface area contributed by atoms with Crippen molar-refractivity contribution in [3.05, 3.63) is 76.2 Å². The third-order valence-electron chi connectivity index (χ3n) is 5.59. The molecule has 0 bridgehead atoms. The van der Waals surface area contributed by atoms with Crippen molar-refractivity contribution in [2.24, 2.45) is 0 Å². The maximum Gasteiger partial charge on any atom is 0.274 e. The van der Waals surface area contributed by atoms with Gasteiger partial charge in [-0.1, -0.05) is 42.0 Å². The molecule has 0 spiro atoms. The SMILES string of the molecule is C=C1CC(c2nc3ccc(OC)cc3[nH]2)N(C(=O)c2nc(C)sc2-c2ccccc2Cl)C1. The molecule has 3 heterocycles. The van der Waals surface area contributed by atoms with E-state index in [4.69, 9.17) is 21.3 Å². The van der Waals surface area contributed by atoms with Gasteiger partial charge in [0.2, 0.25) is 0 Å². The van der Waals surface area contributed by atoms with E-state index in [1.54, 1.807) is 12.0 Å². The highest BCUT2D eigenvalue weighted by Gasteiger charge is 2.37. The van der Waals surface area contributed by atoms with Crippen molar-refractivity contribution >= 4 is 39.9 Å². The first-order chi connectivity index (χ1) is 15.4. The molecule has 1 aliphatic rings. The lowest BCUT2D eigenvalue weighted by Gasteiger charge is -2.22. The molecule has 2 aromatic heterocycles. The summed E-state index contributed by atoms with van der Waals surface area (Å²) in [5.41, 5.74) is 3.90. The van der Waals surface area contributed by atoms with E-state index in [1.165, 1.54) is 11.3 Å². The average Bonchev–Trinajstić information content (AvgIpc) is 3.49. The van der Waals surface area contributed by atoms with Gasteiger partial charge in [0.1, 0.15) is 17.3 Å². The molecule has 1 amide bonds. The molecular formula is C24H21ClN4O2S. The fourth-order valence-electron chi connectivity index (χ4n) is 4.09. The highest BCUT2D eigenvalue weighted by molar-refractivity contribution is 7.15. The smallest absolute Gasteiger partial charge is 0.274 e. The maximum absolute atomic E-state index is 13.7. The van der Waals surface area contributed by atoms with Crippen LogP contribution in [0.4, 0.5) is 0 Å². The first-order valence-electron chi connectivity index (χ1n) is 10.2. The number of hydrogen-bond donors (Lipinski definition) is 1. The van der Waals surface area contributed by atoms with Crippen LogP contribution in [0.25, 0.3) is 21.5 Å². The van der Waals surface area contributed by atoms with Crippen molar-refractivity contribution in [3.63, 3.8) is 0 Å². The second kappa shape index (κ2) is 8.07. The zero-order chi connectivity index (χ0) is 22.4. The molecule has 0 saturated carbocycles.